The Kier molecular flexibility index (Phi) is 2.92. The first-order chi connectivity index (χ1) is 8.88. The third kappa shape index (κ3) is 1.94. The van der Waals surface area contributed by atoms with Gasteiger partial charge in [-0.25, -0.2) is 0 Å². The monoisotopic (exact) mass is 249 g/mol. The van der Waals surface area contributed by atoms with Gasteiger partial charge in [0.1, 0.15) is 0 Å². The molecule has 1 nitrogen and oxygen atoms in total. The summed E-state index contributed by atoms with van der Waals surface area (Å²) in [5.41, 5.74) is 3.07. The van der Waals surface area contributed by atoms with E-state index in [1.165, 1.54) is 10.5 Å². The van der Waals surface area contributed by atoms with Crippen LogP contribution in [-0.2, 0) is 0 Å². The number of fused-ring (bicyclic) bond motifs is 1. The summed E-state index contributed by atoms with van der Waals surface area (Å²) in [6, 6.07) is 20.7. The van der Waals surface area contributed by atoms with E-state index in [2.05, 4.69) is 30.3 Å². The van der Waals surface area contributed by atoms with Crippen molar-refractivity contribution in [1.29, 1.82) is 5.26 Å². The standard InChI is InChI=1S/C16H11NS/c17-11-13-10-16(12-6-2-1-3-7-12)18-15-9-5-4-8-14(13)15/h1-10,16H. The quantitative estimate of drug-likeness (QED) is 0.746. The average molecular weight is 249 g/mol. The molecule has 0 spiro atoms. The molecule has 0 saturated heterocycles. The highest BCUT2D eigenvalue weighted by Crippen LogP contribution is 2.45. The maximum atomic E-state index is 9.27. The van der Waals surface area contributed by atoms with Crippen molar-refractivity contribution >= 4 is 17.3 Å². The van der Waals surface area contributed by atoms with Crippen LogP contribution in [0, 0.1) is 11.3 Å². The molecule has 1 aliphatic heterocycles. The molecule has 3 rings (SSSR count). The molecule has 0 saturated carbocycles. The zero-order valence-electron chi connectivity index (χ0n) is 9.71. The van der Waals surface area contributed by atoms with Crippen LogP contribution in [0.3, 0.4) is 0 Å². The van der Waals surface area contributed by atoms with Crippen molar-refractivity contribution in [3.8, 4) is 6.07 Å². The smallest absolute Gasteiger partial charge is 0.0995 e. The molecular weight excluding hydrogens is 238 g/mol. The van der Waals surface area contributed by atoms with Gasteiger partial charge >= 0.3 is 0 Å². The molecule has 86 valence electrons. The minimum absolute atomic E-state index is 0.232. The first kappa shape index (κ1) is 11.1. The lowest BCUT2D eigenvalue weighted by molar-refractivity contribution is 1.19. The van der Waals surface area contributed by atoms with E-state index in [1.807, 2.05) is 36.4 Å². The van der Waals surface area contributed by atoms with Crippen LogP contribution in [-0.4, -0.2) is 0 Å². The second-order valence-corrected chi connectivity index (χ2v) is 5.32. The molecule has 0 bridgehead atoms. The molecule has 0 radical (unpaired) electrons. The summed E-state index contributed by atoms with van der Waals surface area (Å²) in [7, 11) is 0. The fourth-order valence-corrected chi connectivity index (χ4v) is 3.34. The molecule has 0 aliphatic carbocycles. The van der Waals surface area contributed by atoms with Crippen LogP contribution in [0.1, 0.15) is 16.4 Å². The Balaban J connectivity index is 2.07. The molecule has 1 unspecified atom stereocenters. The molecule has 1 aliphatic rings. The van der Waals surface area contributed by atoms with Crippen molar-refractivity contribution in [2.75, 3.05) is 0 Å². The zero-order chi connectivity index (χ0) is 12.4. The van der Waals surface area contributed by atoms with Crippen molar-refractivity contribution in [1.82, 2.24) is 0 Å². The van der Waals surface area contributed by atoms with Gasteiger partial charge in [-0.1, -0.05) is 48.5 Å². The highest BCUT2D eigenvalue weighted by molar-refractivity contribution is 7.99. The van der Waals surface area contributed by atoms with Crippen LogP contribution in [0.25, 0.3) is 5.57 Å². The van der Waals surface area contributed by atoms with E-state index in [0.717, 1.165) is 11.1 Å². The summed E-state index contributed by atoms with van der Waals surface area (Å²) >= 11 is 1.80. The third-order valence-corrected chi connectivity index (χ3v) is 4.27. The molecule has 0 fully saturated rings. The summed E-state index contributed by atoms with van der Waals surface area (Å²) in [5.74, 6) is 0. The third-order valence-electron chi connectivity index (χ3n) is 3.00. The van der Waals surface area contributed by atoms with Gasteiger partial charge in [-0.15, -0.1) is 11.8 Å². The second-order valence-electron chi connectivity index (χ2n) is 4.14. The van der Waals surface area contributed by atoms with Gasteiger partial charge in [-0.3, -0.25) is 0 Å². The van der Waals surface area contributed by atoms with E-state index in [0.29, 0.717) is 0 Å². The fourth-order valence-electron chi connectivity index (χ4n) is 2.11. The molecule has 0 amide bonds. The second kappa shape index (κ2) is 4.72. The summed E-state index contributed by atoms with van der Waals surface area (Å²) in [6.07, 6.45) is 2.06. The molecule has 0 aromatic heterocycles. The van der Waals surface area contributed by atoms with Crippen LogP contribution in [0.5, 0.6) is 0 Å². The van der Waals surface area contributed by atoms with Crippen molar-refractivity contribution in [3.05, 3.63) is 71.8 Å². The SMILES string of the molecule is N#CC1=CC(c2ccccc2)Sc2ccccc21. The van der Waals surface area contributed by atoms with Crippen LogP contribution in [0.2, 0.25) is 0 Å². The Hall–Kier alpha value is -1.98. The average Bonchev–Trinajstić information content (AvgIpc) is 2.47. The maximum absolute atomic E-state index is 9.27. The van der Waals surface area contributed by atoms with Crippen LogP contribution < -0.4 is 0 Å². The van der Waals surface area contributed by atoms with Gasteiger partial charge in [-0.05, 0) is 17.7 Å². The summed E-state index contributed by atoms with van der Waals surface area (Å²) < 4.78 is 0. The maximum Gasteiger partial charge on any atom is 0.0995 e. The van der Waals surface area contributed by atoms with Gasteiger partial charge in [0.15, 0.2) is 0 Å². The van der Waals surface area contributed by atoms with E-state index < -0.39 is 0 Å². The first-order valence-corrected chi connectivity index (χ1v) is 6.69. The summed E-state index contributed by atoms with van der Waals surface area (Å²) in [6.45, 7) is 0. The summed E-state index contributed by atoms with van der Waals surface area (Å²) in [4.78, 5) is 1.19. The lowest BCUT2D eigenvalue weighted by Crippen LogP contribution is -1.99. The van der Waals surface area contributed by atoms with Crippen LogP contribution in [0.4, 0.5) is 0 Å². The highest BCUT2D eigenvalue weighted by Gasteiger charge is 2.20. The predicted molar refractivity (Wildman–Crippen MR) is 75.1 cm³/mol. The van der Waals surface area contributed by atoms with Gasteiger partial charge in [-0.2, -0.15) is 5.26 Å². The Labute approximate surface area is 111 Å². The lowest BCUT2D eigenvalue weighted by atomic mass is 10.0. The van der Waals surface area contributed by atoms with E-state index in [1.54, 1.807) is 11.8 Å². The number of thioether (sulfide) groups is 1. The number of rotatable bonds is 1. The topological polar surface area (TPSA) is 23.8 Å². The fraction of sp³-hybridized carbons (Fsp3) is 0.0625. The Bertz CT molecular complexity index is 638. The molecule has 0 N–H and O–H groups in total. The molecular formula is C16H11NS. The van der Waals surface area contributed by atoms with Gasteiger partial charge in [0.05, 0.1) is 16.9 Å². The Morgan fingerprint density at radius 2 is 1.67 bits per heavy atom. The number of hydrogen-bond donors (Lipinski definition) is 0. The van der Waals surface area contributed by atoms with E-state index >= 15 is 0 Å². The number of allylic oxidation sites excluding steroid dienone is 1. The molecule has 2 aromatic rings. The number of benzene rings is 2. The molecule has 18 heavy (non-hydrogen) atoms. The molecule has 1 atom stereocenters. The first-order valence-electron chi connectivity index (χ1n) is 5.81. The summed E-state index contributed by atoms with van der Waals surface area (Å²) in [5, 5.41) is 9.51. The van der Waals surface area contributed by atoms with Crippen molar-refractivity contribution in [2.24, 2.45) is 0 Å². The molecule has 2 heteroatoms. The van der Waals surface area contributed by atoms with Crippen molar-refractivity contribution < 1.29 is 0 Å². The lowest BCUT2D eigenvalue weighted by Gasteiger charge is -2.21. The number of nitrogens with zero attached hydrogens (tertiary/aromatic N) is 1. The largest absolute Gasteiger partial charge is 0.192 e. The normalized spacial score (nSPS) is 17.5. The Morgan fingerprint density at radius 3 is 2.44 bits per heavy atom. The van der Waals surface area contributed by atoms with Crippen molar-refractivity contribution in [2.45, 2.75) is 10.1 Å². The van der Waals surface area contributed by atoms with Crippen LogP contribution >= 0.6 is 11.8 Å². The minimum atomic E-state index is 0.232. The van der Waals surface area contributed by atoms with E-state index in [-0.39, 0.29) is 5.25 Å². The number of nitriles is 1. The highest BCUT2D eigenvalue weighted by atomic mass is 32.2. The zero-order valence-corrected chi connectivity index (χ0v) is 10.5. The Morgan fingerprint density at radius 1 is 0.944 bits per heavy atom. The minimum Gasteiger partial charge on any atom is -0.192 e. The van der Waals surface area contributed by atoms with E-state index in [4.69, 9.17) is 0 Å². The molecule has 1 heterocycles. The van der Waals surface area contributed by atoms with Crippen molar-refractivity contribution in [3.63, 3.8) is 0 Å². The predicted octanol–water partition coefficient (Wildman–Crippen LogP) is 4.44. The van der Waals surface area contributed by atoms with Gasteiger partial charge in [0, 0.05) is 10.5 Å². The molecule has 2 aromatic carbocycles. The van der Waals surface area contributed by atoms with Crippen LogP contribution in [0.15, 0.2) is 65.6 Å². The van der Waals surface area contributed by atoms with E-state index in [9.17, 15) is 5.26 Å². The number of hydrogen-bond acceptors (Lipinski definition) is 2. The van der Waals surface area contributed by atoms with Gasteiger partial charge in [0.2, 0.25) is 0 Å². The van der Waals surface area contributed by atoms with Gasteiger partial charge in [0.25, 0.3) is 0 Å². The van der Waals surface area contributed by atoms with Gasteiger partial charge < -0.3 is 0 Å².